The first-order chi connectivity index (χ1) is 11.1. The highest BCUT2D eigenvalue weighted by atomic mass is 16.2. The maximum atomic E-state index is 13.0. The summed E-state index contributed by atoms with van der Waals surface area (Å²) in [5, 5.41) is 2.95. The topological polar surface area (TPSA) is 49.4 Å². The van der Waals surface area contributed by atoms with E-state index in [2.05, 4.69) is 10.2 Å². The Morgan fingerprint density at radius 3 is 2.26 bits per heavy atom. The molecule has 3 rings (SSSR count). The fourth-order valence-electron chi connectivity index (χ4n) is 3.70. The Labute approximate surface area is 138 Å². The first kappa shape index (κ1) is 16.0. The number of hydrogen-bond donors (Lipinski definition) is 1. The summed E-state index contributed by atoms with van der Waals surface area (Å²) in [6.07, 6.45) is 7.37. The fourth-order valence-corrected chi connectivity index (χ4v) is 3.70. The predicted molar refractivity (Wildman–Crippen MR) is 89.7 cm³/mol. The zero-order chi connectivity index (χ0) is 16.2. The third kappa shape index (κ3) is 4.12. The second-order valence-electron chi connectivity index (χ2n) is 6.84. The van der Waals surface area contributed by atoms with Crippen LogP contribution in [0.1, 0.15) is 63.5 Å². The summed E-state index contributed by atoms with van der Waals surface area (Å²) < 4.78 is 0. The molecule has 124 valence electrons. The number of amides is 2. The first-order valence-corrected chi connectivity index (χ1v) is 8.78. The molecule has 1 N–H and O–H groups in total. The van der Waals surface area contributed by atoms with E-state index in [1.54, 1.807) is 0 Å². The molecule has 2 aliphatic rings. The van der Waals surface area contributed by atoms with Gasteiger partial charge in [-0.3, -0.25) is 9.59 Å². The molecule has 2 fully saturated rings. The van der Waals surface area contributed by atoms with Crippen molar-refractivity contribution in [2.24, 2.45) is 0 Å². The van der Waals surface area contributed by atoms with Crippen molar-refractivity contribution in [3.63, 3.8) is 0 Å². The van der Waals surface area contributed by atoms with Crippen molar-refractivity contribution in [3.8, 4) is 0 Å². The van der Waals surface area contributed by atoms with E-state index < -0.39 is 0 Å². The van der Waals surface area contributed by atoms with Gasteiger partial charge in [0.25, 0.3) is 0 Å². The average molecular weight is 314 g/mol. The number of carbonyl (C=O) groups excluding carboxylic acids is 2. The van der Waals surface area contributed by atoms with Crippen molar-refractivity contribution in [2.75, 3.05) is 0 Å². The molecule has 2 amide bonds. The molecule has 0 radical (unpaired) electrons. The summed E-state index contributed by atoms with van der Waals surface area (Å²) in [6.45, 7) is 1.51. The van der Waals surface area contributed by atoms with Gasteiger partial charge in [-0.25, -0.2) is 0 Å². The highest BCUT2D eigenvalue weighted by molar-refractivity contribution is 5.80. The second kappa shape index (κ2) is 7.16. The van der Waals surface area contributed by atoms with Crippen LogP contribution in [0.4, 0.5) is 0 Å². The van der Waals surface area contributed by atoms with Gasteiger partial charge in [0.05, 0.1) is 12.5 Å². The zero-order valence-corrected chi connectivity index (χ0v) is 13.8. The minimum absolute atomic E-state index is 0.0921. The van der Waals surface area contributed by atoms with Gasteiger partial charge in [-0.15, -0.1) is 0 Å². The van der Waals surface area contributed by atoms with Crippen LogP contribution in [0.15, 0.2) is 30.3 Å². The van der Waals surface area contributed by atoms with Gasteiger partial charge in [0.1, 0.15) is 0 Å². The van der Waals surface area contributed by atoms with Crippen LogP contribution in [-0.4, -0.2) is 28.8 Å². The molecule has 0 heterocycles. The molecule has 0 saturated heterocycles. The molecular weight excluding hydrogens is 288 g/mol. The summed E-state index contributed by atoms with van der Waals surface area (Å²) in [4.78, 5) is 26.6. The lowest BCUT2D eigenvalue weighted by atomic mass is 10.0. The Morgan fingerprint density at radius 2 is 1.70 bits per heavy atom. The van der Waals surface area contributed by atoms with Crippen LogP contribution >= 0.6 is 0 Å². The SMILES string of the molecule is CC(=O)NC(CC(=O)N(C1CCCC1)C1CC1)c1ccccc1. The maximum Gasteiger partial charge on any atom is 0.225 e. The van der Waals surface area contributed by atoms with Crippen LogP contribution in [-0.2, 0) is 9.59 Å². The second-order valence-corrected chi connectivity index (χ2v) is 6.84. The fraction of sp³-hybridized carbons (Fsp3) is 0.579. The van der Waals surface area contributed by atoms with Crippen molar-refractivity contribution in [2.45, 2.75) is 70.0 Å². The van der Waals surface area contributed by atoms with Gasteiger partial charge in [-0.05, 0) is 31.2 Å². The van der Waals surface area contributed by atoms with E-state index in [9.17, 15) is 9.59 Å². The third-order valence-corrected chi connectivity index (χ3v) is 4.90. The van der Waals surface area contributed by atoms with Crippen molar-refractivity contribution < 1.29 is 9.59 Å². The third-order valence-electron chi connectivity index (χ3n) is 4.90. The molecule has 0 bridgehead atoms. The largest absolute Gasteiger partial charge is 0.349 e. The molecule has 4 nitrogen and oxygen atoms in total. The van der Waals surface area contributed by atoms with Crippen LogP contribution in [0.5, 0.6) is 0 Å². The number of rotatable bonds is 6. The number of nitrogens with zero attached hydrogens (tertiary/aromatic N) is 1. The Balaban J connectivity index is 1.72. The summed E-state index contributed by atoms with van der Waals surface area (Å²) in [5.41, 5.74) is 0.998. The van der Waals surface area contributed by atoms with Gasteiger partial charge in [0.2, 0.25) is 11.8 Å². The summed E-state index contributed by atoms with van der Waals surface area (Å²) in [6, 6.07) is 10.4. The van der Waals surface area contributed by atoms with E-state index in [0.29, 0.717) is 18.5 Å². The minimum atomic E-state index is -0.233. The van der Waals surface area contributed by atoms with Gasteiger partial charge < -0.3 is 10.2 Å². The highest BCUT2D eigenvalue weighted by Crippen LogP contribution is 2.35. The molecular formula is C19H26N2O2. The number of nitrogens with one attached hydrogen (secondary N) is 1. The van der Waals surface area contributed by atoms with E-state index in [-0.39, 0.29) is 17.9 Å². The normalized spacial score (nSPS) is 19.3. The number of benzene rings is 1. The molecule has 1 aromatic carbocycles. The van der Waals surface area contributed by atoms with E-state index >= 15 is 0 Å². The Kier molecular flexibility index (Phi) is 4.99. The van der Waals surface area contributed by atoms with E-state index in [1.165, 1.54) is 19.8 Å². The minimum Gasteiger partial charge on any atom is -0.349 e. The first-order valence-electron chi connectivity index (χ1n) is 8.78. The quantitative estimate of drug-likeness (QED) is 0.876. The van der Waals surface area contributed by atoms with E-state index in [1.807, 2.05) is 30.3 Å². The molecule has 1 atom stereocenters. The molecule has 0 aromatic heterocycles. The molecule has 1 unspecified atom stereocenters. The van der Waals surface area contributed by atoms with Crippen LogP contribution in [0.25, 0.3) is 0 Å². The van der Waals surface area contributed by atoms with E-state index in [4.69, 9.17) is 0 Å². The van der Waals surface area contributed by atoms with Crippen molar-refractivity contribution in [1.82, 2.24) is 10.2 Å². The summed E-state index contributed by atoms with van der Waals surface area (Å²) in [5.74, 6) is 0.104. The zero-order valence-electron chi connectivity index (χ0n) is 13.8. The monoisotopic (exact) mass is 314 g/mol. The van der Waals surface area contributed by atoms with Crippen molar-refractivity contribution in [3.05, 3.63) is 35.9 Å². The van der Waals surface area contributed by atoms with Crippen molar-refractivity contribution >= 4 is 11.8 Å². The van der Waals surface area contributed by atoms with Crippen LogP contribution in [0, 0.1) is 0 Å². The lowest BCUT2D eigenvalue weighted by molar-refractivity contribution is -0.135. The molecule has 1 aromatic rings. The summed E-state index contributed by atoms with van der Waals surface area (Å²) in [7, 11) is 0. The number of hydrogen-bond acceptors (Lipinski definition) is 2. The van der Waals surface area contributed by atoms with Gasteiger partial charge in [0.15, 0.2) is 0 Å². The van der Waals surface area contributed by atoms with Crippen LogP contribution in [0.2, 0.25) is 0 Å². The smallest absolute Gasteiger partial charge is 0.225 e. The van der Waals surface area contributed by atoms with Gasteiger partial charge in [-0.2, -0.15) is 0 Å². The maximum absolute atomic E-state index is 13.0. The lowest BCUT2D eigenvalue weighted by Crippen LogP contribution is -2.42. The van der Waals surface area contributed by atoms with Crippen LogP contribution in [0.3, 0.4) is 0 Å². The van der Waals surface area contributed by atoms with Gasteiger partial charge in [-0.1, -0.05) is 43.2 Å². The molecule has 2 aliphatic carbocycles. The standard InChI is InChI=1S/C19H26N2O2/c1-14(22)20-18(15-7-3-2-4-8-15)13-19(23)21(17-11-12-17)16-9-5-6-10-16/h2-4,7-8,16-18H,5-6,9-13H2,1H3,(H,20,22). The Hall–Kier alpha value is -1.84. The highest BCUT2D eigenvalue weighted by Gasteiger charge is 2.38. The Bertz CT molecular complexity index is 548. The van der Waals surface area contributed by atoms with Crippen LogP contribution < -0.4 is 5.32 Å². The molecule has 4 heteroatoms. The molecule has 0 spiro atoms. The Morgan fingerprint density at radius 1 is 1.09 bits per heavy atom. The number of carbonyl (C=O) groups is 2. The summed E-state index contributed by atoms with van der Waals surface area (Å²) >= 11 is 0. The van der Waals surface area contributed by atoms with Gasteiger partial charge in [0, 0.05) is 19.0 Å². The average Bonchev–Trinajstić information content (AvgIpc) is 3.21. The molecule has 2 saturated carbocycles. The molecule has 23 heavy (non-hydrogen) atoms. The van der Waals surface area contributed by atoms with Gasteiger partial charge >= 0.3 is 0 Å². The molecule has 0 aliphatic heterocycles. The predicted octanol–water partition coefficient (Wildman–Crippen LogP) is 3.19. The van der Waals surface area contributed by atoms with Crippen molar-refractivity contribution in [1.29, 1.82) is 0 Å². The lowest BCUT2D eigenvalue weighted by Gasteiger charge is -2.31. The van der Waals surface area contributed by atoms with E-state index in [0.717, 1.165) is 31.2 Å².